The Morgan fingerprint density at radius 2 is 1.56 bits per heavy atom. The molecule has 0 bridgehead atoms. The summed E-state index contributed by atoms with van der Waals surface area (Å²) in [5.74, 6) is -0.149. The highest BCUT2D eigenvalue weighted by Gasteiger charge is 2.44. The molecule has 2 aromatic rings. The van der Waals surface area contributed by atoms with E-state index in [0.717, 1.165) is 11.1 Å². The zero-order valence-electron chi connectivity index (χ0n) is 19.3. The maximum atomic E-state index is 13.8. The number of carbonyl (C=O) groups is 2. The molecule has 2 aromatic carbocycles. The first-order valence-corrected chi connectivity index (χ1v) is 11.1. The van der Waals surface area contributed by atoms with E-state index in [4.69, 9.17) is 9.47 Å². The largest absolute Gasteiger partial charge is 0.489 e. The SMILES string of the molecule is Cc1ccc(C2=C(N3CC(C)OC(C)C3)C(=O)N(c3ccccc3OC(C)C)C2=O)cc1. The van der Waals surface area contributed by atoms with Gasteiger partial charge in [-0.25, -0.2) is 4.90 Å². The highest BCUT2D eigenvalue weighted by Crippen LogP contribution is 2.39. The van der Waals surface area contributed by atoms with Gasteiger partial charge in [0, 0.05) is 13.1 Å². The van der Waals surface area contributed by atoms with Gasteiger partial charge in [0.2, 0.25) is 0 Å². The van der Waals surface area contributed by atoms with Crippen LogP contribution in [0, 0.1) is 6.92 Å². The predicted octanol–water partition coefficient (Wildman–Crippen LogP) is 4.18. The number of aryl methyl sites for hydroxylation is 1. The lowest BCUT2D eigenvalue weighted by molar-refractivity contribution is -0.121. The van der Waals surface area contributed by atoms with Crippen molar-refractivity contribution in [3.63, 3.8) is 0 Å². The van der Waals surface area contributed by atoms with Crippen molar-refractivity contribution >= 4 is 23.1 Å². The van der Waals surface area contributed by atoms with Crippen LogP contribution in [0.3, 0.4) is 0 Å². The van der Waals surface area contributed by atoms with Gasteiger partial charge in [-0.05, 0) is 52.3 Å². The third-order valence-corrected chi connectivity index (χ3v) is 5.60. The highest BCUT2D eigenvalue weighted by molar-refractivity contribution is 6.45. The number of carbonyl (C=O) groups excluding carboxylic acids is 2. The van der Waals surface area contributed by atoms with Crippen molar-refractivity contribution in [2.75, 3.05) is 18.0 Å². The first-order valence-electron chi connectivity index (χ1n) is 11.1. The third kappa shape index (κ3) is 4.15. The van der Waals surface area contributed by atoms with Crippen molar-refractivity contribution in [3.05, 3.63) is 65.4 Å². The zero-order valence-corrected chi connectivity index (χ0v) is 19.3. The first-order chi connectivity index (χ1) is 15.3. The van der Waals surface area contributed by atoms with Crippen LogP contribution in [0.1, 0.15) is 38.8 Å². The lowest BCUT2D eigenvalue weighted by Gasteiger charge is -2.37. The van der Waals surface area contributed by atoms with Crippen molar-refractivity contribution in [1.29, 1.82) is 0 Å². The molecule has 2 aliphatic heterocycles. The van der Waals surface area contributed by atoms with Crippen LogP contribution in [0.4, 0.5) is 5.69 Å². The summed E-state index contributed by atoms with van der Waals surface area (Å²) in [6.07, 6.45) is -0.174. The van der Waals surface area contributed by atoms with E-state index < -0.39 is 0 Å². The molecule has 168 valence electrons. The van der Waals surface area contributed by atoms with Gasteiger partial charge in [0.15, 0.2) is 0 Å². The number of amides is 2. The fourth-order valence-electron chi connectivity index (χ4n) is 4.37. The molecule has 6 nitrogen and oxygen atoms in total. The van der Waals surface area contributed by atoms with Gasteiger partial charge in [-0.2, -0.15) is 0 Å². The smallest absolute Gasteiger partial charge is 0.282 e. The molecule has 2 unspecified atom stereocenters. The number of rotatable bonds is 5. The van der Waals surface area contributed by atoms with E-state index in [1.165, 1.54) is 4.90 Å². The number of morpholine rings is 1. The van der Waals surface area contributed by atoms with E-state index in [1.54, 1.807) is 12.1 Å². The summed E-state index contributed by atoms with van der Waals surface area (Å²) in [6, 6.07) is 14.9. The average Bonchev–Trinajstić information content (AvgIpc) is 2.98. The van der Waals surface area contributed by atoms with E-state index in [-0.39, 0.29) is 30.1 Å². The Morgan fingerprint density at radius 1 is 0.938 bits per heavy atom. The van der Waals surface area contributed by atoms with Crippen LogP contribution >= 0.6 is 0 Å². The molecule has 0 aliphatic carbocycles. The molecule has 0 spiro atoms. The summed E-state index contributed by atoms with van der Waals surface area (Å²) in [6.45, 7) is 10.9. The van der Waals surface area contributed by atoms with Crippen LogP contribution in [0.25, 0.3) is 5.57 Å². The minimum Gasteiger partial charge on any atom is -0.489 e. The summed E-state index contributed by atoms with van der Waals surface area (Å²) in [4.78, 5) is 30.9. The van der Waals surface area contributed by atoms with Crippen molar-refractivity contribution in [3.8, 4) is 5.75 Å². The molecule has 0 N–H and O–H groups in total. The maximum absolute atomic E-state index is 13.8. The molecule has 2 amide bonds. The first kappa shape index (κ1) is 22.1. The Kier molecular flexibility index (Phi) is 6.07. The average molecular weight is 435 g/mol. The number of nitrogens with zero attached hydrogens (tertiary/aromatic N) is 2. The second-order valence-electron chi connectivity index (χ2n) is 8.83. The lowest BCUT2D eigenvalue weighted by atomic mass is 10.0. The topological polar surface area (TPSA) is 59.1 Å². The van der Waals surface area contributed by atoms with Crippen LogP contribution in [-0.2, 0) is 14.3 Å². The summed E-state index contributed by atoms with van der Waals surface area (Å²) >= 11 is 0. The van der Waals surface area contributed by atoms with Gasteiger partial charge in [-0.1, -0.05) is 42.0 Å². The van der Waals surface area contributed by atoms with Gasteiger partial charge >= 0.3 is 0 Å². The second-order valence-corrected chi connectivity index (χ2v) is 8.83. The van der Waals surface area contributed by atoms with E-state index in [0.29, 0.717) is 35.8 Å². The van der Waals surface area contributed by atoms with Gasteiger partial charge < -0.3 is 14.4 Å². The second kappa shape index (κ2) is 8.79. The monoisotopic (exact) mass is 434 g/mol. The zero-order chi connectivity index (χ0) is 23.0. The summed E-state index contributed by atoms with van der Waals surface area (Å²) < 4.78 is 11.8. The highest BCUT2D eigenvalue weighted by atomic mass is 16.5. The molecule has 0 aromatic heterocycles. The number of benzene rings is 2. The van der Waals surface area contributed by atoms with Gasteiger partial charge in [-0.3, -0.25) is 9.59 Å². The van der Waals surface area contributed by atoms with Gasteiger partial charge in [-0.15, -0.1) is 0 Å². The number of hydrogen-bond donors (Lipinski definition) is 0. The van der Waals surface area contributed by atoms with E-state index >= 15 is 0 Å². The Hall–Kier alpha value is -3.12. The molecule has 2 heterocycles. The number of anilines is 1. The van der Waals surface area contributed by atoms with E-state index in [2.05, 4.69) is 0 Å². The summed E-state index contributed by atoms with van der Waals surface area (Å²) in [7, 11) is 0. The lowest BCUT2D eigenvalue weighted by Crippen LogP contribution is -2.47. The summed E-state index contributed by atoms with van der Waals surface area (Å²) in [5, 5.41) is 0. The third-order valence-electron chi connectivity index (χ3n) is 5.60. The van der Waals surface area contributed by atoms with Crippen LogP contribution in [0.2, 0.25) is 0 Å². The number of para-hydroxylation sites is 2. The number of imide groups is 1. The molecule has 32 heavy (non-hydrogen) atoms. The number of ether oxygens (including phenoxy) is 2. The fourth-order valence-corrected chi connectivity index (χ4v) is 4.37. The Morgan fingerprint density at radius 3 is 2.19 bits per heavy atom. The molecular weight excluding hydrogens is 404 g/mol. The number of hydrogen-bond acceptors (Lipinski definition) is 5. The van der Waals surface area contributed by atoms with Gasteiger partial charge in [0.1, 0.15) is 11.4 Å². The van der Waals surface area contributed by atoms with Crippen LogP contribution in [-0.4, -0.2) is 48.1 Å². The van der Waals surface area contributed by atoms with Crippen LogP contribution in [0.15, 0.2) is 54.2 Å². The Labute approximate surface area is 189 Å². The standard InChI is InChI=1S/C26H30N2O4/c1-16(2)31-22-9-7-6-8-21(22)28-25(29)23(20-12-10-17(3)11-13-20)24(26(28)30)27-14-18(4)32-19(5)15-27/h6-13,16,18-19H,14-15H2,1-5H3. The minimum atomic E-state index is -0.333. The van der Waals surface area contributed by atoms with Crippen LogP contribution in [0.5, 0.6) is 5.75 Å². The molecule has 6 heteroatoms. The molecule has 4 rings (SSSR count). The molecular formula is C26H30N2O4. The normalized spacial score (nSPS) is 21.7. The Balaban J connectivity index is 1.83. The van der Waals surface area contributed by atoms with E-state index in [9.17, 15) is 9.59 Å². The molecule has 2 atom stereocenters. The molecule has 2 aliphatic rings. The van der Waals surface area contributed by atoms with Crippen molar-refractivity contribution in [1.82, 2.24) is 4.90 Å². The molecule has 1 saturated heterocycles. The van der Waals surface area contributed by atoms with Gasteiger partial charge in [0.25, 0.3) is 11.8 Å². The maximum Gasteiger partial charge on any atom is 0.282 e. The van der Waals surface area contributed by atoms with Crippen molar-refractivity contribution < 1.29 is 19.1 Å². The Bertz CT molecular complexity index is 1050. The van der Waals surface area contributed by atoms with Gasteiger partial charge in [0.05, 0.1) is 29.6 Å². The van der Waals surface area contributed by atoms with Crippen molar-refractivity contribution in [2.45, 2.75) is 52.9 Å². The van der Waals surface area contributed by atoms with E-state index in [1.807, 2.05) is 75.9 Å². The van der Waals surface area contributed by atoms with Crippen LogP contribution < -0.4 is 9.64 Å². The fraction of sp³-hybridized carbons (Fsp3) is 0.385. The quantitative estimate of drug-likeness (QED) is 0.661. The predicted molar refractivity (Wildman–Crippen MR) is 124 cm³/mol. The molecule has 1 fully saturated rings. The molecule has 0 saturated carbocycles. The van der Waals surface area contributed by atoms with Crippen molar-refractivity contribution in [2.24, 2.45) is 0 Å². The minimum absolute atomic E-state index is 0.0426. The summed E-state index contributed by atoms with van der Waals surface area (Å²) in [5.41, 5.74) is 3.15. The molecule has 0 radical (unpaired) electrons.